The molecule has 0 saturated heterocycles. The molecule has 0 aliphatic carbocycles. The van der Waals surface area contributed by atoms with Gasteiger partial charge in [0.25, 0.3) is 0 Å². The van der Waals surface area contributed by atoms with Crippen molar-refractivity contribution in [2.24, 2.45) is 0 Å². The van der Waals surface area contributed by atoms with Gasteiger partial charge in [0.05, 0.1) is 0 Å². The van der Waals surface area contributed by atoms with Crippen molar-refractivity contribution in [3.05, 3.63) is 0 Å². The van der Waals surface area contributed by atoms with E-state index in [1.165, 1.54) is 0 Å². The van der Waals surface area contributed by atoms with Crippen LogP contribution in [-0.4, -0.2) is 71.0 Å². The van der Waals surface area contributed by atoms with Gasteiger partial charge < -0.3 is 71.0 Å². The summed E-state index contributed by atoms with van der Waals surface area (Å²) < 4.78 is 0. The third-order valence-corrected chi connectivity index (χ3v) is 0. The average molecular weight is 483 g/mol. The number of hydrogen-bond acceptors (Lipinski definition) is 0. The van der Waals surface area contributed by atoms with E-state index >= 15 is 0 Å². The maximum Gasteiger partial charge on any atom is 5.00 e. The summed E-state index contributed by atoms with van der Waals surface area (Å²) in [5.41, 5.74) is 0. The maximum absolute atomic E-state index is 0. The summed E-state index contributed by atoms with van der Waals surface area (Å²) in [7, 11) is 0. The van der Waals surface area contributed by atoms with Crippen LogP contribution in [0.4, 0.5) is 0 Å². The molecule has 0 aliphatic heterocycles. The van der Waals surface area contributed by atoms with Crippen LogP contribution in [-0.2, 0) is 22.4 Å². The van der Waals surface area contributed by atoms with E-state index in [0.29, 0.717) is 0 Å². The molecule has 0 unspecified atom stereocenters. The minimum absolute atomic E-state index is 0. The van der Waals surface area contributed by atoms with Crippen LogP contribution in [0, 0.1) is 0 Å². The molecule has 0 aromatic carbocycles. The summed E-state index contributed by atoms with van der Waals surface area (Å²) in [6.07, 6.45) is 0. The Balaban J connectivity index is 0. The molecule has 0 fully saturated rings. The first-order valence-corrected chi connectivity index (χ1v) is 0. The van der Waals surface area contributed by atoms with Crippen molar-refractivity contribution in [2.75, 3.05) is 0 Å². The van der Waals surface area contributed by atoms with Gasteiger partial charge >= 0.3 is 41.2 Å². The first-order valence-electron chi connectivity index (χ1n) is 0. The largest absolute Gasteiger partial charge is 5.00 e. The van der Waals surface area contributed by atoms with Crippen molar-refractivity contribution >= 4 is 71.0 Å². The monoisotopic (exact) mass is 490 g/mol. The van der Waals surface area contributed by atoms with E-state index in [4.69, 9.17) is 0 Å². The second-order valence-electron chi connectivity index (χ2n) is 0. The minimum Gasteiger partial charge on any atom is -2.00 e. The third-order valence-electron chi connectivity index (χ3n) is 0. The van der Waals surface area contributed by atoms with E-state index in [1.807, 2.05) is 0 Å². The summed E-state index contributed by atoms with van der Waals surface area (Å²) in [4.78, 5) is 0. The first kappa shape index (κ1) is 37.6. The molecule has 5 heteroatoms. The van der Waals surface area contributed by atoms with Gasteiger partial charge in [-0.1, -0.05) is 0 Å². The van der Waals surface area contributed by atoms with Crippen LogP contribution >= 0.6 is 0 Å². The summed E-state index contributed by atoms with van der Waals surface area (Å²) in [5.74, 6) is 0. The van der Waals surface area contributed by atoms with Gasteiger partial charge in [0.1, 0.15) is 0 Å². The average Bonchev–Trinajstić information content (AvgIpc) is 0. The molecule has 0 aliphatic rings. The van der Waals surface area contributed by atoms with Gasteiger partial charge in [0, 0.05) is 0 Å². The van der Waals surface area contributed by atoms with Gasteiger partial charge in [0.2, 0.25) is 0 Å². The van der Waals surface area contributed by atoms with Gasteiger partial charge in [-0.2, -0.15) is 0 Å². The Kier molecular flexibility index (Phi) is 190. The molecule has 0 spiro atoms. The molecule has 0 atom stereocenters. The molecular weight excluding hydrogens is 483 g/mol. The Morgan fingerprint density at radius 1 is 0.600 bits per heavy atom. The molecular formula is LiNbTe3. The van der Waals surface area contributed by atoms with Crippen LogP contribution < -0.4 is 18.9 Å². The Labute approximate surface area is 110 Å². The second-order valence-corrected chi connectivity index (χ2v) is 0. The summed E-state index contributed by atoms with van der Waals surface area (Å²) in [6, 6.07) is 0. The van der Waals surface area contributed by atoms with E-state index in [2.05, 4.69) is 0 Å². The Morgan fingerprint density at radius 3 is 0.600 bits per heavy atom. The molecule has 24 valence electrons. The fourth-order valence-electron chi connectivity index (χ4n) is 0. The molecule has 0 heterocycles. The number of rotatable bonds is 0. The van der Waals surface area contributed by atoms with E-state index in [1.54, 1.807) is 0 Å². The predicted octanol–water partition coefficient (Wildman–Crippen LogP) is -4.14. The van der Waals surface area contributed by atoms with Crippen molar-refractivity contribution in [3.8, 4) is 0 Å². The summed E-state index contributed by atoms with van der Waals surface area (Å²) in [6.45, 7) is 0. The quantitative estimate of drug-likeness (QED) is 0.308. The third kappa shape index (κ3) is 18.3. The van der Waals surface area contributed by atoms with Crippen molar-refractivity contribution < 1.29 is 41.2 Å². The molecule has 0 N–H and O–H groups in total. The SMILES string of the molecule is [Li+].[Nb+5].[Te-2].[Te-2].[Te-2]. The summed E-state index contributed by atoms with van der Waals surface area (Å²) >= 11 is 0. The van der Waals surface area contributed by atoms with Gasteiger partial charge in [-0.15, -0.1) is 0 Å². The van der Waals surface area contributed by atoms with Crippen molar-refractivity contribution in [2.45, 2.75) is 0 Å². The molecule has 0 nitrogen and oxygen atoms in total. The zero-order valence-electron chi connectivity index (χ0n) is 2.67. The standard InChI is InChI=1S/Li.Nb.3Te/q+1;+5;3*-2. The van der Waals surface area contributed by atoms with Crippen LogP contribution in [0.15, 0.2) is 0 Å². The van der Waals surface area contributed by atoms with Crippen LogP contribution in [0.5, 0.6) is 0 Å². The zero-order valence-corrected chi connectivity index (χ0v) is 11.9. The molecule has 0 amide bonds. The van der Waals surface area contributed by atoms with E-state index in [-0.39, 0.29) is 112 Å². The van der Waals surface area contributed by atoms with Crippen molar-refractivity contribution in [1.29, 1.82) is 0 Å². The Morgan fingerprint density at radius 2 is 0.600 bits per heavy atom. The van der Waals surface area contributed by atoms with Gasteiger partial charge in [-0.05, 0) is 0 Å². The van der Waals surface area contributed by atoms with E-state index in [9.17, 15) is 0 Å². The zero-order chi connectivity index (χ0) is 0. The van der Waals surface area contributed by atoms with Crippen molar-refractivity contribution in [3.63, 3.8) is 0 Å². The van der Waals surface area contributed by atoms with Gasteiger partial charge in [-0.25, -0.2) is 0 Å². The van der Waals surface area contributed by atoms with E-state index < -0.39 is 0 Å². The molecule has 0 aromatic heterocycles. The van der Waals surface area contributed by atoms with Crippen LogP contribution in [0.3, 0.4) is 0 Å². The topological polar surface area (TPSA) is 0 Å². The molecule has 0 radical (unpaired) electrons. The predicted molar refractivity (Wildman–Crippen MR) is 17.3 cm³/mol. The van der Waals surface area contributed by atoms with Crippen molar-refractivity contribution in [1.82, 2.24) is 0 Å². The molecule has 0 rings (SSSR count). The van der Waals surface area contributed by atoms with Gasteiger partial charge in [-0.3, -0.25) is 0 Å². The number of hydrogen-bond donors (Lipinski definition) is 0. The molecule has 0 bridgehead atoms. The molecule has 5 heavy (non-hydrogen) atoms. The molecule has 0 saturated carbocycles. The first-order chi connectivity index (χ1) is 0. The Hall–Kier alpha value is 3.71. The fraction of sp³-hybridized carbons (Fsp3) is 0. The van der Waals surface area contributed by atoms with Crippen LogP contribution in [0.1, 0.15) is 0 Å². The Bertz CT molecular complexity index is 6.85. The van der Waals surface area contributed by atoms with Crippen LogP contribution in [0.2, 0.25) is 0 Å². The van der Waals surface area contributed by atoms with Gasteiger partial charge in [0.15, 0.2) is 0 Å². The molecule has 0 aromatic rings. The summed E-state index contributed by atoms with van der Waals surface area (Å²) in [5, 5.41) is 0. The maximum atomic E-state index is 0. The van der Waals surface area contributed by atoms with Crippen LogP contribution in [0.25, 0.3) is 0 Å². The second kappa shape index (κ2) is 25.2. The smallest absolute Gasteiger partial charge is 2.00 e. The normalized spacial score (nSPS) is 0. The van der Waals surface area contributed by atoms with E-state index in [0.717, 1.165) is 0 Å². The minimum atomic E-state index is 0. The fourth-order valence-corrected chi connectivity index (χ4v) is 0.